The van der Waals surface area contributed by atoms with Crippen LogP contribution in [0, 0.1) is 6.92 Å². The van der Waals surface area contributed by atoms with Gasteiger partial charge in [-0.25, -0.2) is 4.79 Å². The second-order valence-electron chi connectivity index (χ2n) is 19.1. The summed E-state index contributed by atoms with van der Waals surface area (Å²) < 4.78 is 42.2. The van der Waals surface area contributed by atoms with Crippen molar-refractivity contribution in [3.8, 4) is 5.75 Å². The van der Waals surface area contributed by atoms with Crippen LogP contribution in [0.1, 0.15) is 75.6 Å². The predicted molar refractivity (Wildman–Crippen MR) is 281 cm³/mol. The van der Waals surface area contributed by atoms with Gasteiger partial charge in [-0.3, -0.25) is 0 Å². The van der Waals surface area contributed by atoms with E-state index in [-0.39, 0.29) is 19.2 Å². The molecule has 0 aromatic heterocycles. The van der Waals surface area contributed by atoms with Crippen molar-refractivity contribution in [2.75, 3.05) is 19.8 Å². The maximum atomic E-state index is 12.4. The summed E-state index contributed by atoms with van der Waals surface area (Å²) in [6, 6.07) is 63.5. The first-order valence-electron chi connectivity index (χ1n) is 25.0. The van der Waals surface area contributed by atoms with E-state index in [1.807, 2.05) is 91.0 Å². The number of rotatable bonds is 24. The molecule has 10 heteroatoms. The van der Waals surface area contributed by atoms with Crippen molar-refractivity contribution in [3.05, 3.63) is 244 Å². The fourth-order valence-corrected chi connectivity index (χ4v) is 8.81. The molecule has 1 fully saturated rings. The zero-order valence-electron chi connectivity index (χ0n) is 41.7. The molecule has 0 unspecified atom stereocenters. The van der Waals surface area contributed by atoms with E-state index in [1.165, 1.54) is 0 Å². The number of aliphatic hydroxyl groups excluding tert-OH is 1. The third-order valence-electron chi connectivity index (χ3n) is 12.9. The zero-order valence-corrected chi connectivity index (χ0v) is 41.7. The fraction of sp³-hybridized carbons (Fsp3) is 0.306. The maximum Gasteiger partial charge on any atom is 0.315 e. The Morgan fingerprint density at radius 3 is 1.57 bits per heavy atom. The molecule has 0 spiro atoms. The third-order valence-corrected chi connectivity index (χ3v) is 12.9. The van der Waals surface area contributed by atoms with Gasteiger partial charge in [0.25, 0.3) is 0 Å². The largest absolute Gasteiger partial charge is 0.489 e. The minimum atomic E-state index is -0.703. The highest BCUT2D eigenvalue weighted by molar-refractivity contribution is 5.74. The summed E-state index contributed by atoms with van der Waals surface area (Å²) in [6.45, 7) is 7.93. The predicted octanol–water partition coefficient (Wildman–Crippen LogP) is 11.2. The topological polar surface area (TPSA) is 117 Å². The monoisotopic (exact) mass is 968 g/mol. The molecule has 2 amide bonds. The lowest BCUT2D eigenvalue weighted by Crippen LogP contribution is -2.58. The average molecular weight is 969 g/mol. The Morgan fingerprint density at radius 1 is 0.569 bits per heavy atom. The number of urea groups is 1. The lowest BCUT2D eigenvalue weighted by Gasteiger charge is -2.46. The lowest BCUT2D eigenvalue weighted by molar-refractivity contribution is -0.275. The first kappa shape index (κ1) is 51.7. The summed E-state index contributed by atoms with van der Waals surface area (Å²) in [6.07, 6.45) is -1.85. The first-order valence-corrected chi connectivity index (χ1v) is 25.0. The highest BCUT2D eigenvalue weighted by Gasteiger charge is 2.50. The SMILES string of the molecule is Cc1cc(OCc2ccccc2)c([C@@H]2O[C@H](COCc3ccccc3)[C@@H](OCc3ccccc3)[C@H](OCc3ccccc3)[C@H]2OCc2ccccc2)cc1Cc1ccc(CCNC(=O)NC(C)(C)CO)cc1. The number of carbonyl (C=O) groups excluding carboxylic acids is 1. The van der Waals surface area contributed by atoms with Crippen LogP contribution in [0.25, 0.3) is 0 Å². The first-order chi connectivity index (χ1) is 35.2. The van der Waals surface area contributed by atoms with Gasteiger partial charge in [-0.15, -0.1) is 0 Å². The minimum Gasteiger partial charge on any atom is -0.489 e. The molecule has 374 valence electrons. The van der Waals surface area contributed by atoms with Crippen LogP contribution in [0.3, 0.4) is 0 Å². The van der Waals surface area contributed by atoms with E-state index in [0.29, 0.717) is 58.2 Å². The molecule has 0 radical (unpaired) electrons. The van der Waals surface area contributed by atoms with Crippen molar-refractivity contribution in [1.82, 2.24) is 10.6 Å². The van der Waals surface area contributed by atoms with Gasteiger partial charge < -0.3 is 44.2 Å². The molecule has 7 aromatic carbocycles. The van der Waals surface area contributed by atoms with E-state index in [4.69, 9.17) is 28.4 Å². The van der Waals surface area contributed by atoms with E-state index in [2.05, 4.69) is 115 Å². The van der Waals surface area contributed by atoms with Gasteiger partial charge in [0.2, 0.25) is 0 Å². The van der Waals surface area contributed by atoms with E-state index < -0.39 is 36.1 Å². The van der Waals surface area contributed by atoms with Crippen LogP contribution < -0.4 is 15.4 Å². The molecule has 1 aliphatic rings. The van der Waals surface area contributed by atoms with Crippen LogP contribution in [0.2, 0.25) is 0 Å². The van der Waals surface area contributed by atoms with E-state index in [9.17, 15) is 9.90 Å². The van der Waals surface area contributed by atoms with Crippen molar-refractivity contribution < 1.29 is 38.3 Å². The van der Waals surface area contributed by atoms with Crippen LogP contribution in [0.15, 0.2) is 188 Å². The van der Waals surface area contributed by atoms with Gasteiger partial charge in [-0.05, 0) is 95.8 Å². The molecule has 1 saturated heterocycles. The van der Waals surface area contributed by atoms with Crippen molar-refractivity contribution in [1.29, 1.82) is 0 Å². The van der Waals surface area contributed by atoms with Crippen molar-refractivity contribution >= 4 is 6.03 Å². The second-order valence-corrected chi connectivity index (χ2v) is 19.1. The van der Waals surface area contributed by atoms with E-state index >= 15 is 0 Å². The van der Waals surface area contributed by atoms with Gasteiger partial charge in [0.1, 0.15) is 42.9 Å². The number of nitrogens with one attached hydrogen (secondary N) is 2. The Bertz CT molecular complexity index is 2690. The Kier molecular flexibility index (Phi) is 18.8. The number of carbonyl (C=O) groups is 1. The van der Waals surface area contributed by atoms with Gasteiger partial charge in [0.05, 0.1) is 45.2 Å². The molecular weight excluding hydrogens is 901 g/mol. The summed E-state index contributed by atoms with van der Waals surface area (Å²) in [7, 11) is 0. The molecule has 5 atom stereocenters. The standard InChI is InChI=1S/C62H68N2O8/c1-45-35-55(68-39-49-21-11-5-12-22-49)54(37-53(45)36-47-31-29-46(30-32-47)33-34-63-61(66)64-62(2,3)44-65)57-59(70-41-51-25-15-7-16-26-51)60(71-42-52-27-17-8-18-28-52)58(69-40-50-23-13-6-14-24-50)56(72-57)43-67-38-48-19-9-4-10-20-48/h4-32,35,37,56-60,65H,33-34,36,38-44H2,1-3H3,(H2,63,64,66)/t56-,57+,58-,59+,60+/m1/s1. The molecule has 72 heavy (non-hydrogen) atoms. The summed E-state index contributed by atoms with van der Waals surface area (Å²) in [5, 5.41) is 15.3. The lowest BCUT2D eigenvalue weighted by atomic mass is 9.87. The summed E-state index contributed by atoms with van der Waals surface area (Å²) in [5.74, 6) is 0.696. The van der Waals surface area contributed by atoms with E-state index in [0.717, 1.165) is 55.6 Å². The smallest absolute Gasteiger partial charge is 0.315 e. The molecule has 1 aliphatic heterocycles. The van der Waals surface area contributed by atoms with Crippen LogP contribution >= 0.6 is 0 Å². The van der Waals surface area contributed by atoms with Gasteiger partial charge in [0.15, 0.2) is 0 Å². The summed E-state index contributed by atoms with van der Waals surface area (Å²) in [4.78, 5) is 12.4. The molecule has 7 aromatic rings. The molecule has 0 bridgehead atoms. The zero-order chi connectivity index (χ0) is 50.0. The molecule has 0 aliphatic carbocycles. The Labute approximate surface area is 425 Å². The number of amides is 2. The van der Waals surface area contributed by atoms with Crippen molar-refractivity contribution in [2.24, 2.45) is 0 Å². The normalized spacial score (nSPS) is 17.8. The quantitative estimate of drug-likeness (QED) is 0.0548. The van der Waals surface area contributed by atoms with Crippen molar-refractivity contribution in [3.63, 3.8) is 0 Å². The molecule has 3 N–H and O–H groups in total. The molecule has 8 rings (SSSR count). The van der Waals surface area contributed by atoms with Gasteiger partial charge in [0, 0.05) is 12.1 Å². The van der Waals surface area contributed by atoms with E-state index in [1.54, 1.807) is 13.8 Å². The Hall–Kier alpha value is -6.63. The Balaban J connectivity index is 1.16. The molecule has 10 nitrogen and oxygen atoms in total. The highest BCUT2D eigenvalue weighted by atomic mass is 16.6. The highest BCUT2D eigenvalue weighted by Crippen LogP contribution is 2.43. The van der Waals surface area contributed by atoms with Gasteiger partial charge in [-0.1, -0.05) is 176 Å². The number of ether oxygens (including phenoxy) is 6. The average Bonchev–Trinajstić information content (AvgIpc) is 3.41. The minimum absolute atomic E-state index is 0.151. The second kappa shape index (κ2) is 26.2. The number of aliphatic hydroxyl groups is 1. The maximum absolute atomic E-state index is 12.4. The van der Waals surface area contributed by atoms with Crippen LogP contribution in [-0.4, -0.2) is 60.9 Å². The molecule has 0 saturated carbocycles. The van der Waals surface area contributed by atoms with Crippen molar-refractivity contribution in [2.45, 2.75) is 103 Å². The fourth-order valence-electron chi connectivity index (χ4n) is 8.81. The van der Waals surface area contributed by atoms with Crippen LogP contribution in [0.4, 0.5) is 4.79 Å². The third kappa shape index (κ3) is 15.2. The molecule has 1 heterocycles. The Morgan fingerprint density at radius 2 is 1.04 bits per heavy atom. The number of hydrogen-bond acceptors (Lipinski definition) is 8. The molecular formula is C62H68N2O8. The number of aryl methyl sites for hydroxylation is 1. The number of hydrogen-bond donors (Lipinski definition) is 3. The van der Waals surface area contributed by atoms with Gasteiger partial charge in [-0.2, -0.15) is 0 Å². The number of benzene rings is 7. The van der Waals surface area contributed by atoms with Crippen LogP contribution in [0.5, 0.6) is 5.75 Å². The summed E-state index contributed by atoms with van der Waals surface area (Å²) >= 11 is 0. The summed E-state index contributed by atoms with van der Waals surface area (Å²) in [5.41, 5.74) is 9.74. The van der Waals surface area contributed by atoms with Crippen LogP contribution in [-0.2, 0) is 69.6 Å². The van der Waals surface area contributed by atoms with Gasteiger partial charge >= 0.3 is 6.03 Å².